The number of hydrogen-bond acceptors (Lipinski definition) is 6. The third-order valence-corrected chi connectivity index (χ3v) is 4.24. The van der Waals surface area contributed by atoms with Crippen LogP contribution < -0.4 is 16.2 Å². The van der Waals surface area contributed by atoms with Crippen LogP contribution >= 0.6 is 11.3 Å². The van der Waals surface area contributed by atoms with Crippen LogP contribution in [0.5, 0.6) is 0 Å². The van der Waals surface area contributed by atoms with Crippen LogP contribution in [0.25, 0.3) is 0 Å². The first kappa shape index (κ1) is 16.5. The van der Waals surface area contributed by atoms with Crippen molar-refractivity contribution in [1.29, 1.82) is 0 Å². The summed E-state index contributed by atoms with van der Waals surface area (Å²) in [6.07, 6.45) is 0. The molecule has 2 heterocycles. The Hall–Kier alpha value is -3.33. The number of thiazole rings is 1. The quantitative estimate of drug-likeness (QED) is 0.662. The lowest BCUT2D eigenvalue weighted by molar-refractivity contribution is 0.101. The molecular formula is C16H13N5O3S. The number of aromatic amines is 1. The number of nitrogens with one attached hydrogen (secondary N) is 3. The van der Waals surface area contributed by atoms with E-state index in [1.165, 1.54) is 12.1 Å². The zero-order chi connectivity index (χ0) is 17.8. The number of benzene rings is 1. The predicted octanol–water partition coefficient (Wildman–Crippen LogP) is 2.04. The molecule has 0 bridgehead atoms. The minimum atomic E-state index is -0.528. The number of nitrogens with zero attached hydrogens (tertiary/aromatic N) is 2. The van der Waals surface area contributed by atoms with Gasteiger partial charge >= 0.3 is 0 Å². The van der Waals surface area contributed by atoms with E-state index in [2.05, 4.69) is 25.8 Å². The number of carbonyl (C=O) groups excluding carboxylic acids is 2. The number of amides is 2. The smallest absolute Gasteiger partial charge is 0.277 e. The van der Waals surface area contributed by atoms with Crippen molar-refractivity contribution in [3.05, 3.63) is 69.1 Å². The summed E-state index contributed by atoms with van der Waals surface area (Å²) in [6, 6.07) is 11.5. The van der Waals surface area contributed by atoms with E-state index in [-0.39, 0.29) is 16.7 Å². The minimum Gasteiger partial charge on any atom is -0.321 e. The molecule has 3 rings (SSSR count). The minimum absolute atomic E-state index is 0.0442. The zero-order valence-corrected chi connectivity index (χ0v) is 13.9. The highest BCUT2D eigenvalue weighted by Crippen LogP contribution is 2.24. The Balaban J connectivity index is 1.73. The molecule has 0 unspecified atom stereocenters. The van der Waals surface area contributed by atoms with Crippen LogP contribution in [0, 0.1) is 6.92 Å². The number of aryl methyl sites for hydroxylation is 1. The summed E-state index contributed by atoms with van der Waals surface area (Å²) < 4.78 is 0. The molecule has 8 nitrogen and oxygen atoms in total. The van der Waals surface area contributed by atoms with E-state index < -0.39 is 11.5 Å². The molecule has 0 saturated carbocycles. The Labute approximate surface area is 145 Å². The van der Waals surface area contributed by atoms with Gasteiger partial charge in [-0.05, 0) is 25.1 Å². The third-order valence-electron chi connectivity index (χ3n) is 3.17. The van der Waals surface area contributed by atoms with Gasteiger partial charge in [-0.3, -0.25) is 19.7 Å². The van der Waals surface area contributed by atoms with Gasteiger partial charge in [-0.1, -0.05) is 29.5 Å². The molecule has 0 saturated heterocycles. The molecular weight excluding hydrogens is 342 g/mol. The monoisotopic (exact) mass is 355 g/mol. The van der Waals surface area contributed by atoms with Crippen molar-refractivity contribution >= 4 is 34.0 Å². The van der Waals surface area contributed by atoms with E-state index in [9.17, 15) is 14.4 Å². The standard InChI is InChI=1S/C16H13N5O3S/c1-9-13(15(24)18-10-5-3-2-4-6-10)25-16(17-9)19-14(23)11-7-8-12(22)21-20-11/h2-8H,1H3,(H,18,24)(H,21,22)(H,17,19,23). The lowest BCUT2D eigenvalue weighted by atomic mass is 10.3. The molecule has 2 aromatic heterocycles. The lowest BCUT2D eigenvalue weighted by Crippen LogP contribution is -2.17. The SMILES string of the molecule is Cc1nc(NC(=O)c2ccc(=O)[nH]n2)sc1C(=O)Nc1ccccc1. The van der Waals surface area contributed by atoms with Crippen molar-refractivity contribution in [3.8, 4) is 0 Å². The van der Waals surface area contributed by atoms with Gasteiger partial charge in [-0.15, -0.1) is 0 Å². The lowest BCUT2D eigenvalue weighted by Gasteiger charge is -2.02. The van der Waals surface area contributed by atoms with Crippen molar-refractivity contribution in [1.82, 2.24) is 15.2 Å². The molecule has 3 N–H and O–H groups in total. The summed E-state index contributed by atoms with van der Waals surface area (Å²) in [7, 11) is 0. The van der Waals surface area contributed by atoms with E-state index in [4.69, 9.17) is 0 Å². The number of H-pyrrole nitrogens is 1. The fourth-order valence-corrected chi connectivity index (χ4v) is 2.86. The van der Waals surface area contributed by atoms with E-state index in [1.807, 2.05) is 18.2 Å². The molecule has 0 fully saturated rings. The van der Waals surface area contributed by atoms with E-state index >= 15 is 0 Å². The molecule has 0 spiro atoms. The summed E-state index contributed by atoms with van der Waals surface area (Å²) in [6.45, 7) is 1.68. The number of para-hydroxylation sites is 1. The van der Waals surface area contributed by atoms with Gasteiger partial charge in [-0.25, -0.2) is 10.1 Å². The maximum Gasteiger partial charge on any atom is 0.277 e. The zero-order valence-electron chi connectivity index (χ0n) is 13.1. The Bertz CT molecular complexity index is 960. The van der Waals surface area contributed by atoms with Gasteiger partial charge in [0.1, 0.15) is 10.6 Å². The first-order chi connectivity index (χ1) is 12.0. The van der Waals surface area contributed by atoms with Crippen molar-refractivity contribution in [2.45, 2.75) is 6.92 Å². The number of anilines is 2. The van der Waals surface area contributed by atoms with Crippen molar-refractivity contribution < 1.29 is 9.59 Å². The van der Waals surface area contributed by atoms with Crippen molar-refractivity contribution in [3.63, 3.8) is 0 Å². The second-order valence-corrected chi connectivity index (χ2v) is 6.01. The van der Waals surface area contributed by atoms with Gasteiger partial charge in [0.25, 0.3) is 17.4 Å². The number of hydrogen-bond donors (Lipinski definition) is 3. The fraction of sp³-hybridized carbons (Fsp3) is 0.0625. The summed E-state index contributed by atoms with van der Waals surface area (Å²) in [5.74, 6) is -0.830. The molecule has 0 aliphatic rings. The van der Waals surface area contributed by atoms with Gasteiger partial charge < -0.3 is 5.32 Å². The molecule has 0 radical (unpaired) electrons. The molecule has 0 aliphatic heterocycles. The highest BCUT2D eigenvalue weighted by Gasteiger charge is 2.17. The van der Waals surface area contributed by atoms with E-state index in [1.54, 1.807) is 19.1 Å². The van der Waals surface area contributed by atoms with E-state index in [0.717, 1.165) is 11.3 Å². The molecule has 0 atom stereocenters. The third kappa shape index (κ3) is 3.96. The summed E-state index contributed by atoms with van der Waals surface area (Å²) in [5, 5.41) is 11.4. The van der Waals surface area contributed by atoms with Gasteiger partial charge in [0, 0.05) is 11.8 Å². The highest BCUT2D eigenvalue weighted by molar-refractivity contribution is 7.17. The van der Waals surface area contributed by atoms with Crippen molar-refractivity contribution in [2.75, 3.05) is 10.6 Å². The van der Waals surface area contributed by atoms with Crippen LogP contribution in [0.2, 0.25) is 0 Å². The topological polar surface area (TPSA) is 117 Å². The maximum absolute atomic E-state index is 12.3. The fourth-order valence-electron chi connectivity index (χ4n) is 2.00. The van der Waals surface area contributed by atoms with Gasteiger partial charge in [0.15, 0.2) is 5.13 Å². The molecule has 9 heteroatoms. The highest BCUT2D eigenvalue weighted by atomic mass is 32.1. The number of carbonyl (C=O) groups is 2. The van der Waals surface area contributed by atoms with E-state index in [0.29, 0.717) is 16.3 Å². The first-order valence-corrected chi connectivity index (χ1v) is 8.05. The molecule has 0 aliphatic carbocycles. The molecule has 2 amide bonds. The van der Waals surface area contributed by atoms with Crippen LogP contribution in [-0.2, 0) is 0 Å². The average Bonchev–Trinajstić information content (AvgIpc) is 2.96. The molecule has 126 valence electrons. The normalized spacial score (nSPS) is 10.3. The Morgan fingerprint density at radius 1 is 1.04 bits per heavy atom. The summed E-state index contributed by atoms with van der Waals surface area (Å²) in [5.41, 5.74) is 0.815. The number of rotatable bonds is 4. The van der Waals surface area contributed by atoms with Gasteiger partial charge in [0.2, 0.25) is 0 Å². The largest absolute Gasteiger partial charge is 0.321 e. The summed E-state index contributed by atoms with van der Waals surface area (Å²) >= 11 is 1.06. The Kier molecular flexibility index (Phi) is 4.66. The molecule has 25 heavy (non-hydrogen) atoms. The molecule has 3 aromatic rings. The molecule has 1 aromatic carbocycles. The second-order valence-electron chi connectivity index (χ2n) is 5.01. The van der Waals surface area contributed by atoms with Crippen molar-refractivity contribution in [2.24, 2.45) is 0 Å². The van der Waals surface area contributed by atoms with Crippen LogP contribution in [0.15, 0.2) is 47.3 Å². The van der Waals surface area contributed by atoms with Crippen LogP contribution in [0.1, 0.15) is 25.9 Å². The summed E-state index contributed by atoms with van der Waals surface area (Å²) in [4.78, 5) is 40.0. The van der Waals surface area contributed by atoms with Crippen LogP contribution in [0.4, 0.5) is 10.8 Å². The Morgan fingerprint density at radius 3 is 2.48 bits per heavy atom. The van der Waals surface area contributed by atoms with Crippen LogP contribution in [0.3, 0.4) is 0 Å². The van der Waals surface area contributed by atoms with Gasteiger partial charge in [-0.2, -0.15) is 5.10 Å². The maximum atomic E-state index is 12.3. The first-order valence-electron chi connectivity index (χ1n) is 7.24. The van der Waals surface area contributed by atoms with Gasteiger partial charge in [0.05, 0.1) is 5.69 Å². The number of aromatic nitrogens is 3. The second kappa shape index (κ2) is 7.05. The van der Waals surface area contributed by atoms with Crippen LogP contribution in [-0.4, -0.2) is 27.0 Å². The Morgan fingerprint density at radius 2 is 1.80 bits per heavy atom. The average molecular weight is 355 g/mol. The predicted molar refractivity (Wildman–Crippen MR) is 94.1 cm³/mol.